The third kappa shape index (κ3) is 3.72. The van der Waals surface area contributed by atoms with Crippen molar-refractivity contribution < 1.29 is 0 Å². The van der Waals surface area contributed by atoms with Gasteiger partial charge in [0.2, 0.25) is 0 Å². The zero-order valence-electron chi connectivity index (χ0n) is 11.3. The summed E-state index contributed by atoms with van der Waals surface area (Å²) in [6.45, 7) is 11.7. The van der Waals surface area contributed by atoms with Gasteiger partial charge in [-0.3, -0.25) is 4.68 Å². The second-order valence-electron chi connectivity index (χ2n) is 5.53. The fourth-order valence-electron chi connectivity index (χ4n) is 1.80. The number of aryl methyl sites for hydroxylation is 2. The monoisotopic (exact) mass is 320 g/mol. The van der Waals surface area contributed by atoms with Crippen LogP contribution in [0.1, 0.15) is 45.5 Å². The first kappa shape index (κ1) is 15.0. The molecule has 0 spiro atoms. The Hall–Kier alpha value is -0.0200. The highest BCUT2D eigenvalue weighted by atomic mass is 79.9. The Morgan fingerprint density at radius 3 is 2.47 bits per heavy atom. The van der Waals surface area contributed by atoms with E-state index in [1.165, 1.54) is 5.69 Å². The highest BCUT2D eigenvalue weighted by Gasteiger charge is 2.23. The molecule has 2 nitrogen and oxygen atoms in total. The zero-order valence-corrected chi connectivity index (χ0v) is 13.7. The molecule has 1 rings (SSSR count). The van der Waals surface area contributed by atoms with Crippen LogP contribution in [-0.4, -0.2) is 14.6 Å². The number of aromatic nitrogens is 2. The van der Waals surface area contributed by atoms with Crippen LogP contribution in [-0.2, 0) is 13.0 Å². The molecule has 4 heteroatoms. The van der Waals surface area contributed by atoms with E-state index in [2.05, 4.69) is 48.7 Å². The van der Waals surface area contributed by atoms with Gasteiger partial charge in [0.15, 0.2) is 0 Å². The molecule has 0 radical (unpaired) electrons. The van der Waals surface area contributed by atoms with Crippen molar-refractivity contribution in [2.45, 2.75) is 58.8 Å². The first-order chi connectivity index (χ1) is 7.77. The minimum atomic E-state index is 0.276. The van der Waals surface area contributed by atoms with Crippen molar-refractivity contribution in [3.8, 4) is 0 Å². The predicted molar refractivity (Wildman–Crippen MR) is 78.1 cm³/mol. The molecule has 0 N–H and O–H groups in total. The molecule has 0 bridgehead atoms. The van der Waals surface area contributed by atoms with Crippen molar-refractivity contribution in [1.82, 2.24) is 9.78 Å². The highest BCUT2D eigenvalue weighted by Crippen LogP contribution is 2.31. The average Bonchev–Trinajstić information content (AvgIpc) is 2.50. The van der Waals surface area contributed by atoms with E-state index in [-0.39, 0.29) is 5.41 Å². The van der Waals surface area contributed by atoms with Crippen LogP contribution in [0.3, 0.4) is 0 Å². The molecule has 1 aromatic rings. The van der Waals surface area contributed by atoms with Crippen LogP contribution in [0, 0.1) is 12.3 Å². The summed E-state index contributed by atoms with van der Waals surface area (Å²) in [5.74, 6) is 0. The molecule has 98 valence electrons. The molecule has 0 fully saturated rings. The quantitative estimate of drug-likeness (QED) is 0.741. The summed E-state index contributed by atoms with van der Waals surface area (Å²) in [5, 5.41) is 5.27. The van der Waals surface area contributed by atoms with Gasteiger partial charge in [0, 0.05) is 11.4 Å². The SMILES string of the molecule is CCn1nc(C)c(Cl)c1CCC(Br)C(C)(C)C. The lowest BCUT2D eigenvalue weighted by molar-refractivity contribution is 0.383. The summed E-state index contributed by atoms with van der Waals surface area (Å²) in [6.07, 6.45) is 2.05. The minimum Gasteiger partial charge on any atom is -0.268 e. The first-order valence-corrected chi connectivity index (χ1v) is 7.42. The van der Waals surface area contributed by atoms with Gasteiger partial charge in [0.25, 0.3) is 0 Å². The average molecular weight is 322 g/mol. The van der Waals surface area contributed by atoms with Gasteiger partial charge in [-0.1, -0.05) is 48.3 Å². The Labute approximate surface area is 118 Å². The summed E-state index contributed by atoms with van der Waals surface area (Å²) >= 11 is 10.1. The number of rotatable bonds is 4. The third-order valence-corrected chi connectivity index (χ3v) is 5.35. The first-order valence-electron chi connectivity index (χ1n) is 6.13. The lowest BCUT2D eigenvalue weighted by Crippen LogP contribution is -2.21. The van der Waals surface area contributed by atoms with Gasteiger partial charge in [-0.2, -0.15) is 5.10 Å². The molecule has 0 amide bonds. The lowest BCUT2D eigenvalue weighted by atomic mass is 9.89. The van der Waals surface area contributed by atoms with Crippen molar-refractivity contribution in [2.75, 3.05) is 0 Å². The number of alkyl halides is 1. The van der Waals surface area contributed by atoms with Gasteiger partial charge in [-0.15, -0.1) is 0 Å². The van der Waals surface area contributed by atoms with Crippen LogP contribution in [0.15, 0.2) is 0 Å². The predicted octanol–water partition coefficient (Wildman–Crippen LogP) is 4.61. The topological polar surface area (TPSA) is 17.8 Å². The van der Waals surface area contributed by atoms with Crippen LogP contribution in [0.25, 0.3) is 0 Å². The summed E-state index contributed by atoms with van der Waals surface area (Å²) < 4.78 is 2.01. The van der Waals surface area contributed by atoms with Crippen molar-refractivity contribution in [3.05, 3.63) is 16.4 Å². The summed E-state index contributed by atoms with van der Waals surface area (Å²) in [4.78, 5) is 0.492. The Bertz CT molecular complexity index is 380. The molecule has 0 saturated heterocycles. The van der Waals surface area contributed by atoms with Gasteiger partial charge in [0.05, 0.1) is 16.4 Å². The summed E-state index contributed by atoms with van der Waals surface area (Å²) in [5.41, 5.74) is 2.38. The standard InChI is InChI=1S/C13H22BrClN2/c1-6-17-10(12(15)9(2)16-17)7-8-11(14)13(3,4)5/h11H,6-8H2,1-5H3. The fourth-order valence-corrected chi connectivity index (χ4v) is 2.26. The highest BCUT2D eigenvalue weighted by molar-refractivity contribution is 9.09. The molecule has 0 aliphatic heterocycles. The summed E-state index contributed by atoms with van der Waals surface area (Å²) in [6, 6.07) is 0. The molecule has 1 atom stereocenters. The van der Waals surface area contributed by atoms with Gasteiger partial charge >= 0.3 is 0 Å². The molecule has 0 aliphatic carbocycles. The van der Waals surface area contributed by atoms with Crippen LogP contribution in [0.4, 0.5) is 0 Å². The van der Waals surface area contributed by atoms with Gasteiger partial charge in [0.1, 0.15) is 0 Å². The molecule has 1 aromatic heterocycles. The molecule has 0 aliphatic rings. The van der Waals surface area contributed by atoms with E-state index in [0.717, 1.165) is 30.1 Å². The number of hydrogen-bond donors (Lipinski definition) is 0. The second kappa shape index (κ2) is 5.75. The van der Waals surface area contributed by atoms with Crippen LogP contribution in [0.5, 0.6) is 0 Å². The van der Waals surface area contributed by atoms with E-state index in [1.54, 1.807) is 0 Å². The maximum absolute atomic E-state index is 6.29. The molecular formula is C13H22BrClN2. The van der Waals surface area contributed by atoms with Crippen LogP contribution in [0.2, 0.25) is 5.02 Å². The van der Waals surface area contributed by atoms with Crippen LogP contribution < -0.4 is 0 Å². The number of nitrogens with zero attached hydrogens (tertiary/aromatic N) is 2. The van der Waals surface area contributed by atoms with Gasteiger partial charge < -0.3 is 0 Å². The molecule has 1 unspecified atom stereocenters. The normalized spacial score (nSPS) is 14.1. The van der Waals surface area contributed by atoms with E-state index in [0.29, 0.717) is 4.83 Å². The van der Waals surface area contributed by atoms with Crippen LogP contribution >= 0.6 is 27.5 Å². The van der Waals surface area contributed by atoms with Crippen molar-refractivity contribution >= 4 is 27.5 Å². The molecule has 0 aromatic carbocycles. The second-order valence-corrected chi connectivity index (χ2v) is 7.02. The van der Waals surface area contributed by atoms with Gasteiger partial charge in [-0.25, -0.2) is 0 Å². The Balaban J connectivity index is 2.76. The largest absolute Gasteiger partial charge is 0.268 e. The van der Waals surface area contributed by atoms with Crippen molar-refractivity contribution in [2.24, 2.45) is 5.41 Å². The van der Waals surface area contributed by atoms with Crippen molar-refractivity contribution in [1.29, 1.82) is 0 Å². The van der Waals surface area contributed by atoms with E-state index in [9.17, 15) is 0 Å². The lowest BCUT2D eigenvalue weighted by Gasteiger charge is -2.25. The van der Waals surface area contributed by atoms with E-state index < -0.39 is 0 Å². The van der Waals surface area contributed by atoms with E-state index in [1.807, 2.05) is 11.6 Å². The molecule has 1 heterocycles. The van der Waals surface area contributed by atoms with Gasteiger partial charge in [-0.05, 0) is 32.1 Å². The van der Waals surface area contributed by atoms with E-state index >= 15 is 0 Å². The Morgan fingerprint density at radius 1 is 1.41 bits per heavy atom. The van der Waals surface area contributed by atoms with Crippen molar-refractivity contribution in [3.63, 3.8) is 0 Å². The minimum absolute atomic E-state index is 0.276. The third-order valence-electron chi connectivity index (χ3n) is 3.03. The maximum Gasteiger partial charge on any atom is 0.0847 e. The number of hydrogen-bond acceptors (Lipinski definition) is 1. The number of halogens is 2. The molecule has 17 heavy (non-hydrogen) atoms. The zero-order chi connectivity index (χ0) is 13.2. The van der Waals surface area contributed by atoms with E-state index in [4.69, 9.17) is 11.6 Å². The Morgan fingerprint density at radius 2 is 2.00 bits per heavy atom. The smallest absolute Gasteiger partial charge is 0.0847 e. The molecular weight excluding hydrogens is 300 g/mol. The fraction of sp³-hybridized carbons (Fsp3) is 0.769. The molecule has 0 saturated carbocycles. The Kier molecular flexibility index (Phi) is 5.08. The maximum atomic E-state index is 6.29. The summed E-state index contributed by atoms with van der Waals surface area (Å²) in [7, 11) is 0.